The summed E-state index contributed by atoms with van der Waals surface area (Å²) in [5.74, 6) is -0.862. The van der Waals surface area contributed by atoms with E-state index in [1.807, 2.05) is 6.07 Å². The third-order valence-electron chi connectivity index (χ3n) is 5.46. The van der Waals surface area contributed by atoms with Crippen molar-refractivity contribution in [1.29, 1.82) is 0 Å². The summed E-state index contributed by atoms with van der Waals surface area (Å²) in [5, 5.41) is 13.2. The molecule has 1 heterocycles. The van der Waals surface area contributed by atoms with Crippen molar-refractivity contribution in [2.75, 3.05) is 11.9 Å². The molecule has 9 heteroatoms. The predicted molar refractivity (Wildman–Crippen MR) is 118 cm³/mol. The van der Waals surface area contributed by atoms with Crippen molar-refractivity contribution in [1.82, 2.24) is 0 Å². The molecule has 1 aliphatic rings. The third-order valence-corrected chi connectivity index (χ3v) is 5.46. The first-order valence-corrected chi connectivity index (χ1v) is 10.1. The van der Waals surface area contributed by atoms with E-state index in [9.17, 15) is 19.4 Å². The van der Waals surface area contributed by atoms with Gasteiger partial charge in [-0.3, -0.25) is 14.4 Å². The molecule has 2 atom stereocenters. The number of hydrogen-bond donors (Lipinski definition) is 4. The van der Waals surface area contributed by atoms with Gasteiger partial charge in [0.25, 0.3) is 0 Å². The largest absolute Gasteiger partial charge is 0.535 e. The summed E-state index contributed by atoms with van der Waals surface area (Å²) < 4.78 is 5.61. The quantitative estimate of drug-likeness (QED) is 0.390. The van der Waals surface area contributed by atoms with Gasteiger partial charge in [-0.05, 0) is 43.5 Å². The molecule has 0 aromatic heterocycles. The van der Waals surface area contributed by atoms with Gasteiger partial charge in [-0.15, -0.1) is 0 Å². The number of benzene rings is 2. The van der Waals surface area contributed by atoms with Gasteiger partial charge in [0, 0.05) is 30.0 Å². The Kier molecular flexibility index (Phi) is 6.89. The molecule has 2 aromatic rings. The normalized spacial score (nSPS) is 16.2. The summed E-state index contributed by atoms with van der Waals surface area (Å²) in [7, 11) is -1.20. The van der Waals surface area contributed by atoms with E-state index in [1.54, 1.807) is 37.3 Å². The number of rotatable bonds is 7. The smallest absolute Gasteiger partial charge is 0.526 e. The Hall–Kier alpha value is -3.01. The first-order valence-electron chi connectivity index (χ1n) is 10.1. The van der Waals surface area contributed by atoms with Gasteiger partial charge in [0.15, 0.2) is 11.6 Å². The molecule has 0 bridgehead atoms. The van der Waals surface area contributed by atoms with Crippen LogP contribution in [0.25, 0.3) is 0 Å². The highest BCUT2D eigenvalue weighted by atomic mass is 16.5. The van der Waals surface area contributed by atoms with E-state index in [0.717, 1.165) is 11.1 Å². The number of aryl methyl sites for hydroxylation is 1. The standard InChI is InChI=1S/C22H26BN3O5/c1-12-6-7-14(9-19(12)26-22(29)18(25)11-24)20(28)10-16-8-15-4-3-5-17(13(2)27)21(15)31-23(16)30/h3-7,9,16,18,30H,8,10-11,24-25H2,1-2H3,(H,26,29)/t16-,18+/m1/s1. The second-order valence-corrected chi connectivity index (χ2v) is 7.81. The Morgan fingerprint density at radius 3 is 2.71 bits per heavy atom. The van der Waals surface area contributed by atoms with Crippen molar-refractivity contribution < 1.29 is 24.1 Å². The summed E-state index contributed by atoms with van der Waals surface area (Å²) in [6, 6.07) is 9.40. The highest BCUT2D eigenvalue weighted by molar-refractivity contribution is 6.47. The number of Topliss-reactive ketones (excluding diaryl/α,β-unsaturated/α-hetero) is 2. The van der Waals surface area contributed by atoms with E-state index in [-0.39, 0.29) is 24.5 Å². The van der Waals surface area contributed by atoms with Gasteiger partial charge >= 0.3 is 7.12 Å². The van der Waals surface area contributed by atoms with E-state index in [0.29, 0.717) is 29.0 Å². The molecule has 0 radical (unpaired) electrons. The maximum Gasteiger partial charge on any atom is 0.526 e. The van der Waals surface area contributed by atoms with Gasteiger partial charge in [0.05, 0.1) is 11.6 Å². The zero-order chi connectivity index (χ0) is 22.7. The molecule has 0 unspecified atom stereocenters. The molecule has 0 spiro atoms. The molecule has 1 aliphatic heterocycles. The van der Waals surface area contributed by atoms with Gasteiger partial charge in [0.2, 0.25) is 5.91 Å². The minimum Gasteiger partial charge on any atom is -0.535 e. The fourth-order valence-electron chi connectivity index (χ4n) is 3.55. The number of hydrogen-bond acceptors (Lipinski definition) is 7. The van der Waals surface area contributed by atoms with E-state index >= 15 is 0 Å². The Morgan fingerprint density at radius 2 is 2.03 bits per heavy atom. The second-order valence-electron chi connectivity index (χ2n) is 7.81. The SMILES string of the molecule is CC(=O)c1cccc2c1OB(O)[C@@H](CC(=O)c1ccc(C)c(NC(=O)[C@@H](N)CN)c1)C2. The molecule has 0 aliphatic carbocycles. The number of anilines is 1. The van der Waals surface area contributed by atoms with Crippen LogP contribution >= 0.6 is 0 Å². The van der Waals surface area contributed by atoms with Gasteiger partial charge in [-0.1, -0.05) is 24.3 Å². The number of ketones is 2. The molecule has 6 N–H and O–H groups in total. The summed E-state index contributed by atoms with van der Waals surface area (Å²) in [6.45, 7) is 3.26. The lowest BCUT2D eigenvalue weighted by Crippen LogP contribution is -2.41. The van der Waals surface area contributed by atoms with Crippen molar-refractivity contribution >= 4 is 30.3 Å². The van der Waals surface area contributed by atoms with Crippen molar-refractivity contribution in [3.63, 3.8) is 0 Å². The van der Waals surface area contributed by atoms with Crippen LogP contribution in [0.1, 0.15) is 45.2 Å². The van der Waals surface area contributed by atoms with Crippen LogP contribution in [0, 0.1) is 6.92 Å². The van der Waals surface area contributed by atoms with Crippen LogP contribution in [0.4, 0.5) is 5.69 Å². The number of para-hydroxylation sites is 1. The number of amides is 1. The molecule has 2 aromatic carbocycles. The Balaban J connectivity index is 1.76. The van der Waals surface area contributed by atoms with Crippen LogP contribution in [0.2, 0.25) is 5.82 Å². The predicted octanol–water partition coefficient (Wildman–Crippen LogP) is 1.48. The number of carbonyl (C=O) groups is 3. The van der Waals surface area contributed by atoms with Gasteiger partial charge in [0.1, 0.15) is 5.75 Å². The zero-order valence-corrected chi connectivity index (χ0v) is 17.6. The molecule has 3 rings (SSSR count). The fourth-order valence-corrected chi connectivity index (χ4v) is 3.55. The molecule has 0 saturated carbocycles. The molecular formula is C22H26BN3O5. The number of nitrogens with one attached hydrogen (secondary N) is 1. The first-order chi connectivity index (χ1) is 14.7. The number of carbonyl (C=O) groups excluding carboxylic acids is 3. The van der Waals surface area contributed by atoms with Gasteiger partial charge in [-0.2, -0.15) is 0 Å². The summed E-state index contributed by atoms with van der Waals surface area (Å²) in [6.07, 6.45) is 0.452. The average Bonchev–Trinajstić information content (AvgIpc) is 2.74. The highest BCUT2D eigenvalue weighted by Crippen LogP contribution is 2.37. The van der Waals surface area contributed by atoms with E-state index in [4.69, 9.17) is 16.1 Å². The molecule has 1 amide bonds. The van der Waals surface area contributed by atoms with Crippen molar-refractivity contribution in [3.05, 3.63) is 58.7 Å². The van der Waals surface area contributed by atoms with Gasteiger partial charge < -0.3 is 26.5 Å². The minimum absolute atomic E-state index is 0.00981. The van der Waals surface area contributed by atoms with Crippen LogP contribution in [0.5, 0.6) is 5.75 Å². The van der Waals surface area contributed by atoms with Gasteiger partial charge in [-0.25, -0.2) is 0 Å². The highest BCUT2D eigenvalue weighted by Gasteiger charge is 2.37. The maximum atomic E-state index is 12.9. The van der Waals surface area contributed by atoms with Crippen LogP contribution < -0.4 is 21.4 Å². The Bertz CT molecular complexity index is 1030. The molecule has 31 heavy (non-hydrogen) atoms. The van der Waals surface area contributed by atoms with Crippen LogP contribution in [-0.4, -0.2) is 42.2 Å². The van der Waals surface area contributed by atoms with Crippen LogP contribution in [0.3, 0.4) is 0 Å². The van der Waals surface area contributed by atoms with E-state index in [2.05, 4.69) is 5.32 Å². The summed E-state index contributed by atoms with van der Waals surface area (Å²) >= 11 is 0. The Labute approximate surface area is 181 Å². The maximum absolute atomic E-state index is 12.9. The lowest BCUT2D eigenvalue weighted by molar-refractivity contribution is -0.117. The van der Waals surface area contributed by atoms with Crippen LogP contribution in [0.15, 0.2) is 36.4 Å². The molecule has 0 saturated heterocycles. The molecule has 0 fully saturated rings. The molecular weight excluding hydrogens is 397 g/mol. The monoisotopic (exact) mass is 423 g/mol. The minimum atomic E-state index is -1.20. The Morgan fingerprint density at radius 1 is 1.29 bits per heavy atom. The van der Waals surface area contributed by atoms with Crippen LogP contribution in [-0.2, 0) is 11.2 Å². The zero-order valence-electron chi connectivity index (χ0n) is 17.6. The van der Waals surface area contributed by atoms with Crippen molar-refractivity contribution in [2.24, 2.45) is 11.5 Å². The summed E-state index contributed by atoms with van der Waals surface area (Å²) in [5.41, 5.74) is 13.9. The second kappa shape index (κ2) is 9.42. The number of nitrogens with two attached hydrogens (primary N) is 2. The van der Waals surface area contributed by atoms with Crippen molar-refractivity contribution in [3.8, 4) is 5.75 Å². The lowest BCUT2D eigenvalue weighted by Gasteiger charge is -2.28. The topological polar surface area (TPSA) is 145 Å². The summed E-state index contributed by atoms with van der Waals surface area (Å²) in [4.78, 5) is 36.8. The first kappa shape index (κ1) is 22.7. The fraction of sp³-hybridized carbons (Fsp3) is 0.318. The number of fused-ring (bicyclic) bond motifs is 1. The van der Waals surface area contributed by atoms with E-state index < -0.39 is 24.9 Å². The molecule has 162 valence electrons. The third kappa shape index (κ3) is 5.01. The van der Waals surface area contributed by atoms with Crippen molar-refractivity contribution in [2.45, 2.75) is 38.5 Å². The average molecular weight is 423 g/mol. The molecule has 8 nitrogen and oxygen atoms in total. The lowest BCUT2D eigenvalue weighted by atomic mass is 9.64. The van der Waals surface area contributed by atoms with E-state index in [1.165, 1.54) is 6.92 Å².